The molecule has 1 aliphatic heterocycles. The fraction of sp³-hybridized carbons (Fsp3) is 0.130. The highest BCUT2D eigenvalue weighted by Crippen LogP contribution is 2.37. The van der Waals surface area contributed by atoms with Crippen LogP contribution in [0.1, 0.15) is 27.1 Å². The van der Waals surface area contributed by atoms with Crippen molar-refractivity contribution in [2.24, 2.45) is 0 Å². The summed E-state index contributed by atoms with van der Waals surface area (Å²) in [5, 5.41) is 13.5. The average molecular weight is 437 g/mol. The maximum Gasteiger partial charge on any atom is 0.249 e. The molecule has 3 aromatic rings. The van der Waals surface area contributed by atoms with Crippen molar-refractivity contribution in [1.29, 1.82) is 5.26 Å². The van der Waals surface area contributed by atoms with E-state index in [1.165, 1.54) is 17.4 Å². The molecule has 0 atom stereocenters. The number of thiophene rings is 1. The second-order valence-electron chi connectivity index (χ2n) is 6.67. The first-order valence-electron chi connectivity index (χ1n) is 9.19. The van der Waals surface area contributed by atoms with Crippen molar-refractivity contribution >= 4 is 39.9 Å². The number of nitrogens with one attached hydrogen (secondary N) is 1. The second-order valence-corrected chi connectivity index (χ2v) is 8.19. The van der Waals surface area contributed by atoms with Gasteiger partial charge in [-0.3, -0.25) is 4.79 Å². The molecule has 1 aliphatic rings. The minimum absolute atomic E-state index is 0.229. The molecule has 2 aromatic carbocycles. The van der Waals surface area contributed by atoms with Crippen LogP contribution in [-0.4, -0.2) is 12.7 Å². The van der Waals surface area contributed by atoms with Gasteiger partial charge in [0, 0.05) is 22.4 Å². The number of ether oxygens (including phenoxy) is 2. The van der Waals surface area contributed by atoms with Crippen molar-refractivity contribution in [2.45, 2.75) is 13.3 Å². The molecule has 4 rings (SSSR count). The lowest BCUT2D eigenvalue weighted by atomic mass is 10.1. The van der Waals surface area contributed by atoms with Gasteiger partial charge in [-0.15, -0.1) is 11.3 Å². The van der Waals surface area contributed by atoms with Crippen LogP contribution in [0.3, 0.4) is 0 Å². The SMILES string of the molecule is Cc1c(Cc2ccc3c(c2)OCO3)sc(NC(=O)/C=C\c2ccccc2Cl)c1C#N. The molecular formula is C23H17ClN2O3S. The zero-order valence-corrected chi connectivity index (χ0v) is 17.6. The Balaban J connectivity index is 1.52. The van der Waals surface area contributed by atoms with Gasteiger partial charge in [-0.05, 0) is 47.9 Å². The van der Waals surface area contributed by atoms with Gasteiger partial charge in [0.05, 0.1) is 5.56 Å². The number of nitriles is 1. The monoisotopic (exact) mass is 436 g/mol. The van der Waals surface area contributed by atoms with E-state index >= 15 is 0 Å². The van der Waals surface area contributed by atoms with Gasteiger partial charge in [0.25, 0.3) is 0 Å². The van der Waals surface area contributed by atoms with E-state index in [0.29, 0.717) is 22.0 Å². The lowest BCUT2D eigenvalue weighted by molar-refractivity contribution is -0.111. The molecule has 0 fully saturated rings. The summed E-state index contributed by atoms with van der Waals surface area (Å²) in [5.41, 5.74) is 3.14. The predicted octanol–water partition coefficient (Wildman–Crippen LogP) is 5.55. The lowest BCUT2D eigenvalue weighted by Gasteiger charge is -2.02. The molecule has 5 nitrogen and oxygen atoms in total. The Kier molecular flexibility index (Phi) is 5.75. The molecule has 1 amide bonds. The van der Waals surface area contributed by atoms with Crippen LogP contribution in [0, 0.1) is 18.3 Å². The largest absolute Gasteiger partial charge is 0.454 e. The zero-order valence-electron chi connectivity index (χ0n) is 16.1. The van der Waals surface area contributed by atoms with Crippen LogP contribution in [0.25, 0.3) is 6.08 Å². The van der Waals surface area contributed by atoms with Gasteiger partial charge in [0.1, 0.15) is 11.1 Å². The van der Waals surface area contributed by atoms with Crippen LogP contribution < -0.4 is 14.8 Å². The van der Waals surface area contributed by atoms with Gasteiger partial charge in [0.15, 0.2) is 11.5 Å². The van der Waals surface area contributed by atoms with Crippen LogP contribution in [0.5, 0.6) is 11.5 Å². The quantitative estimate of drug-likeness (QED) is 0.532. The maximum absolute atomic E-state index is 12.4. The maximum atomic E-state index is 12.4. The van der Waals surface area contributed by atoms with E-state index in [1.807, 2.05) is 43.3 Å². The van der Waals surface area contributed by atoms with Crippen LogP contribution in [-0.2, 0) is 11.2 Å². The van der Waals surface area contributed by atoms with Crippen molar-refractivity contribution < 1.29 is 14.3 Å². The lowest BCUT2D eigenvalue weighted by Crippen LogP contribution is -2.07. The summed E-state index contributed by atoms with van der Waals surface area (Å²) in [6.07, 6.45) is 3.69. The van der Waals surface area contributed by atoms with E-state index in [0.717, 1.165) is 33.1 Å². The molecule has 0 bridgehead atoms. The second kappa shape index (κ2) is 8.62. The standard InChI is InChI=1S/C23H17ClN2O3S/c1-14-17(12-25)23(26-22(27)9-7-16-4-2-3-5-18(16)24)30-21(14)11-15-6-8-19-20(10-15)29-13-28-19/h2-10H,11,13H2,1H3,(H,26,27)/b9-7-. The first-order chi connectivity index (χ1) is 14.5. The van der Waals surface area contributed by atoms with Crippen LogP contribution in [0.4, 0.5) is 5.00 Å². The molecule has 0 unspecified atom stereocenters. The smallest absolute Gasteiger partial charge is 0.249 e. The molecular weight excluding hydrogens is 420 g/mol. The fourth-order valence-corrected chi connectivity index (χ4v) is 4.51. The van der Waals surface area contributed by atoms with Crippen molar-refractivity contribution in [3.05, 3.63) is 80.7 Å². The molecule has 0 radical (unpaired) electrons. The highest BCUT2D eigenvalue weighted by Gasteiger charge is 2.18. The molecule has 1 N–H and O–H groups in total. The Labute approximate surface area is 183 Å². The van der Waals surface area contributed by atoms with Crippen LogP contribution in [0.15, 0.2) is 48.5 Å². The molecule has 150 valence electrons. The predicted molar refractivity (Wildman–Crippen MR) is 118 cm³/mol. The first-order valence-corrected chi connectivity index (χ1v) is 10.4. The first kappa shape index (κ1) is 20.0. The summed E-state index contributed by atoms with van der Waals surface area (Å²) in [4.78, 5) is 13.4. The van der Waals surface area contributed by atoms with Crippen LogP contribution >= 0.6 is 22.9 Å². The third kappa shape index (κ3) is 4.18. The molecule has 30 heavy (non-hydrogen) atoms. The summed E-state index contributed by atoms with van der Waals surface area (Å²) in [6.45, 7) is 2.12. The number of carbonyl (C=O) groups is 1. The fourth-order valence-electron chi connectivity index (χ4n) is 3.12. The zero-order chi connectivity index (χ0) is 21.1. The molecule has 0 aliphatic carbocycles. The number of fused-ring (bicyclic) bond motifs is 1. The topological polar surface area (TPSA) is 71.3 Å². The summed E-state index contributed by atoms with van der Waals surface area (Å²) in [7, 11) is 0. The van der Waals surface area contributed by atoms with Gasteiger partial charge in [-0.25, -0.2) is 0 Å². The summed E-state index contributed by atoms with van der Waals surface area (Å²) >= 11 is 7.52. The van der Waals surface area contributed by atoms with Gasteiger partial charge in [0.2, 0.25) is 12.7 Å². The third-order valence-corrected chi connectivity index (χ3v) is 6.27. The van der Waals surface area contributed by atoms with E-state index in [-0.39, 0.29) is 12.7 Å². The van der Waals surface area contributed by atoms with Crippen molar-refractivity contribution in [3.8, 4) is 17.6 Å². The van der Waals surface area contributed by atoms with E-state index in [2.05, 4.69) is 11.4 Å². The van der Waals surface area contributed by atoms with Crippen molar-refractivity contribution in [3.63, 3.8) is 0 Å². The summed E-state index contributed by atoms with van der Waals surface area (Å²) < 4.78 is 10.8. The number of amides is 1. The number of halogens is 1. The number of carbonyl (C=O) groups excluding carboxylic acids is 1. The minimum Gasteiger partial charge on any atom is -0.454 e. The van der Waals surface area contributed by atoms with Gasteiger partial charge in [-0.1, -0.05) is 35.9 Å². The Morgan fingerprint density at radius 3 is 2.87 bits per heavy atom. The molecule has 0 spiro atoms. The number of hydrogen-bond acceptors (Lipinski definition) is 5. The molecule has 2 heterocycles. The highest BCUT2D eigenvalue weighted by atomic mass is 35.5. The third-order valence-electron chi connectivity index (χ3n) is 4.72. The Bertz CT molecular complexity index is 1190. The molecule has 0 saturated heterocycles. The number of benzene rings is 2. The number of rotatable bonds is 5. The van der Waals surface area contributed by atoms with E-state index < -0.39 is 0 Å². The van der Waals surface area contributed by atoms with Gasteiger partial charge >= 0.3 is 0 Å². The normalized spacial score (nSPS) is 12.2. The Morgan fingerprint density at radius 1 is 1.27 bits per heavy atom. The van der Waals surface area contributed by atoms with E-state index in [9.17, 15) is 10.1 Å². The average Bonchev–Trinajstić information content (AvgIpc) is 3.31. The summed E-state index contributed by atoms with van der Waals surface area (Å²) in [5.74, 6) is 1.14. The minimum atomic E-state index is -0.317. The Hall–Kier alpha value is -3.27. The van der Waals surface area contributed by atoms with Gasteiger partial charge < -0.3 is 14.8 Å². The number of anilines is 1. The van der Waals surface area contributed by atoms with Crippen molar-refractivity contribution in [1.82, 2.24) is 0 Å². The van der Waals surface area contributed by atoms with Gasteiger partial charge in [-0.2, -0.15) is 5.26 Å². The van der Waals surface area contributed by atoms with E-state index in [1.54, 1.807) is 12.1 Å². The molecule has 1 aromatic heterocycles. The Morgan fingerprint density at radius 2 is 2.07 bits per heavy atom. The highest BCUT2D eigenvalue weighted by molar-refractivity contribution is 7.16. The summed E-state index contributed by atoms with van der Waals surface area (Å²) in [6, 6.07) is 15.3. The van der Waals surface area contributed by atoms with Crippen LogP contribution in [0.2, 0.25) is 5.02 Å². The van der Waals surface area contributed by atoms with E-state index in [4.69, 9.17) is 21.1 Å². The molecule has 0 saturated carbocycles. The number of hydrogen-bond donors (Lipinski definition) is 1. The molecule has 7 heteroatoms. The van der Waals surface area contributed by atoms with Crippen molar-refractivity contribution in [2.75, 3.05) is 12.1 Å². The number of nitrogens with zero attached hydrogens (tertiary/aromatic N) is 1.